The Hall–Kier alpha value is -1.47. The van der Waals surface area contributed by atoms with Crippen molar-refractivity contribution in [2.24, 2.45) is 19.1 Å². The number of nitrogens with zero attached hydrogens (tertiary/aromatic N) is 5. The Labute approximate surface area is 196 Å². The van der Waals surface area contributed by atoms with Crippen molar-refractivity contribution in [3.63, 3.8) is 0 Å². The Bertz CT molecular complexity index is 853. The van der Waals surface area contributed by atoms with Crippen molar-refractivity contribution in [1.29, 1.82) is 0 Å². The third kappa shape index (κ3) is 6.03. The summed E-state index contributed by atoms with van der Waals surface area (Å²) in [4.78, 5) is 9.75. The molecule has 0 saturated heterocycles. The van der Waals surface area contributed by atoms with Crippen molar-refractivity contribution in [2.75, 3.05) is 20.1 Å². The molecular formula is C18H27ClF3IN6O. The number of guanidine groups is 1. The van der Waals surface area contributed by atoms with Crippen LogP contribution in [0.5, 0.6) is 0 Å². The summed E-state index contributed by atoms with van der Waals surface area (Å²) in [6.45, 7) is 2.62. The van der Waals surface area contributed by atoms with Crippen LogP contribution in [-0.2, 0) is 26.2 Å². The van der Waals surface area contributed by atoms with E-state index in [9.17, 15) is 18.3 Å². The number of imidazole rings is 1. The molecule has 30 heavy (non-hydrogen) atoms. The molecule has 0 bridgehead atoms. The van der Waals surface area contributed by atoms with Crippen LogP contribution in [0.4, 0.5) is 13.2 Å². The van der Waals surface area contributed by atoms with Gasteiger partial charge in [0.05, 0.1) is 11.6 Å². The van der Waals surface area contributed by atoms with Gasteiger partial charge in [-0.1, -0.05) is 11.6 Å². The number of rotatable bonds is 7. The predicted octanol–water partition coefficient (Wildman–Crippen LogP) is 3.27. The lowest BCUT2D eigenvalue weighted by atomic mass is 9.98. The number of aromatic nitrogens is 3. The summed E-state index contributed by atoms with van der Waals surface area (Å²) in [5.41, 5.74) is -2.17. The van der Waals surface area contributed by atoms with Gasteiger partial charge in [0.2, 0.25) is 5.60 Å². The van der Waals surface area contributed by atoms with Crippen molar-refractivity contribution >= 4 is 41.5 Å². The maximum absolute atomic E-state index is 13.6. The van der Waals surface area contributed by atoms with E-state index < -0.39 is 24.0 Å². The standard InChI is InChI=1S/C18H26ClF3N6O.HI/c1-5-23-16(28(4)12-14-10-13(19)11-27(14)3)25-7-6-17(29,18(20,21)22)15-24-8-9-26(15)2;/h8-11,29H,5-7,12H2,1-4H3,(H,23,25);1H. The third-order valence-electron chi connectivity index (χ3n) is 4.57. The van der Waals surface area contributed by atoms with Crippen molar-refractivity contribution in [3.8, 4) is 0 Å². The first-order valence-corrected chi connectivity index (χ1v) is 9.44. The van der Waals surface area contributed by atoms with Gasteiger partial charge in [0, 0.05) is 64.9 Å². The van der Waals surface area contributed by atoms with Crippen LogP contribution < -0.4 is 5.32 Å². The first-order chi connectivity index (χ1) is 13.5. The summed E-state index contributed by atoms with van der Waals surface area (Å²) >= 11 is 6.00. The lowest BCUT2D eigenvalue weighted by Gasteiger charge is -2.29. The van der Waals surface area contributed by atoms with Gasteiger partial charge in [0.1, 0.15) is 5.82 Å². The van der Waals surface area contributed by atoms with Gasteiger partial charge < -0.3 is 24.5 Å². The quantitative estimate of drug-likeness (QED) is 0.309. The minimum absolute atomic E-state index is 0. The second kappa shape index (κ2) is 10.7. The lowest BCUT2D eigenvalue weighted by molar-refractivity contribution is -0.272. The van der Waals surface area contributed by atoms with Crippen LogP contribution in [0.1, 0.15) is 24.9 Å². The molecule has 1 unspecified atom stereocenters. The van der Waals surface area contributed by atoms with Gasteiger partial charge in [0.25, 0.3) is 0 Å². The van der Waals surface area contributed by atoms with Crippen LogP contribution in [0.3, 0.4) is 0 Å². The van der Waals surface area contributed by atoms with E-state index in [0.717, 1.165) is 10.3 Å². The van der Waals surface area contributed by atoms with Crippen LogP contribution in [-0.4, -0.2) is 56.4 Å². The molecule has 0 spiro atoms. The molecule has 2 rings (SSSR count). The molecule has 0 fully saturated rings. The summed E-state index contributed by atoms with van der Waals surface area (Å²) in [7, 11) is 5.04. The van der Waals surface area contributed by atoms with Gasteiger partial charge in [-0.2, -0.15) is 13.2 Å². The van der Waals surface area contributed by atoms with E-state index >= 15 is 0 Å². The lowest BCUT2D eigenvalue weighted by Crippen LogP contribution is -2.45. The van der Waals surface area contributed by atoms with E-state index in [2.05, 4.69) is 15.3 Å². The molecule has 2 heterocycles. The maximum atomic E-state index is 13.6. The highest BCUT2D eigenvalue weighted by Gasteiger charge is 2.57. The highest BCUT2D eigenvalue weighted by Crippen LogP contribution is 2.40. The van der Waals surface area contributed by atoms with E-state index in [1.807, 2.05) is 24.6 Å². The van der Waals surface area contributed by atoms with Gasteiger partial charge in [-0.3, -0.25) is 4.99 Å². The largest absolute Gasteiger partial charge is 0.424 e. The molecule has 2 aromatic rings. The Balaban J connectivity index is 0.00000450. The molecule has 170 valence electrons. The fraction of sp³-hybridized carbons (Fsp3) is 0.556. The van der Waals surface area contributed by atoms with Crippen LogP contribution in [0.2, 0.25) is 5.02 Å². The van der Waals surface area contributed by atoms with E-state index in [4.69, 9.17) is 11.6 Å². The van der Waals surface area contributed by atoms with Crippen LogP contribution in [0, 0.1) is 0 Å². The maximum Gasteiger partial charge on any atom is 0.424 e. The summed E-state index contributed by atoms with van der Waals surface area (Å²) < 4.78 is 43.9. The van der Waals surface area contributed by atoms with E-state index in [1.165, 1.54) is 19.4 Å². The smallest absolute Gasteiger partial charge is 0.374 e. The highest BCUT2D eigenvalue weighted by atomic mass is 127. The van der Waals surface area contributed by atoms with Crippen molar-refractivity contribution in [3.05, 3.63) is 41.2 Å². The number of aliphatic imine (C=N–C) groups is 1. The Morgan fingerprint density at radius 1 is 1.33 bits per heavy atom. The second-order valence-electron chi connectivity index (χ2n) is 6.82. The predicted molar refractivity (Wildman–Crippen MR) is 121 cm³/mol. The Morgan fingerprint density at radius 2 is 2.00 bits per heavy atom. The van der Waals surface area contributed by atoms with Crippen molar-refractivity contribution < 1.29 is 18.3 Å². The van der Waals surface area contributed by atoms with E-state index in [1.54, 1.807) is 18.1 Å². The number of alkyl halides is 3. The molecular weight excluding hydrogens is 536 g/mol. The molecule has 0 amide bonds. The van der Waals surface area contributed by atoms with Gasteiger partial charge in [0.15, 0.2) is 5.96 Å². The molecule has 0 aliphatic heterocycles. The Kier molecular flexibility index (Phi) is 9.49. The molecule has 0 radical (unpaired) electrons. The topological polar surface area (TPSA) is 70.6 Å². The second-order valence-corrected chi connectivity index (χ2v) is 7.26. The first kappa shape index (κ1) is 26.6. The van der Waals surface area contributed by atoms with Crippen LogP contribution >= 0.6 is 35.6 Å². The first-order valence-electron chi connectivity index (χ1n) is 9.06. The number of halogens is 5. The molecule has 0 saturated carbocycles. The highest BCUT2D eigenvalue weighted by molar-refractivity contribution is 14.0. The third-order valence-corrected chi connectivity index (χ3v) is 4.77. The van der Waals surface area contributed by atoms with E-state index in [-0.39, 0.29) is 30.5 Å². The minimum atomic E-state index is -4.88. The SMILES string of the molecule is CCNC(=NCCC(O)(c1nccn1C)C(F)(F)F)N(C)Cc1cc(Cl)cn1C.I. The molecule has 1 atom stereocenters. The Morgan fingerprint density at radius 3 is 2.47 bits per heavy atom. The zero-order valence-corrected chi connectivity index (χ0v) is 20.3. The average molecular weight is 563 g/mol. The summed E-state index contributed by atoms with van der Waals surface area (Å²) in [5, 5.41) is 14.1. The number of aryl methyl sites for hydroxylation is 2. The van der Waals surface area contributed by atoms with Crippen molar-refractivity contribution in [2.45, 2.75) is 31.7 Å². The fourth-order valence-corrected chi connectivity index (χ4v) is 3.25. The number of nitrogens with one attached hydrogen (secondary N) is 1. The molecule has 7 nitrogen and oxygen atoms in total. The van der Waals surface area contributed by atoms with Crippen molar-refractivity contribution in [1.82, 2.24) is 24.3 Å². The normalized spacial score (nSPS) is 14.2. The molecule has 0 aliphatic rings. The number of aliphatic hydroxyl groups is 1. The van der Waals surface area contributed by atoms with Crippen LogP contribution in [0.15, 0.2) is 29.6 Å². The molecule has 12 heteroatoms. The molecule has 0 aromatic carbocycles. The van der Waals surface area contributed by atoms with Gasteiger partial charge in [-0.25, -0.2) is 4.98 Å². The minimum Gasteiger partial charge on any atom is -0.374 e. The van der Waals surface area contributed by atoms with Crippen LogP contribution in [0.25, 0.3) is 0 Å². The van der Waals surface area contributed by atoms with Gasteiger partial charge >= 0.3 is 6.18 Å². The summed E-state index contributed by atoms with van der Waals surface area (Å²) in [6.07, 6.45) is -1.19. The molecule has 2 aromatic heterocycles. The zero-order valence-electron chi connectivity index (χ0n) is 17.2. The molecule has 0 aliphatic carbocycles. The molecule has 2 N–H and O–H groups in total. The fourth-order valence-electron chi connectivity index (χ4n) is 2.98. The van der Waals surface area contributed by atoms with Gasteiger partial charge in [-0.15, -0.1) is 24.0 Å². The van der Waals surface area contributed by atoms with E-state index in [0.29, 0.717) is 24.1 Å². The summed E-state index contributed by atoms with van der Waals surface area (Å²) in [6, 6.07) is 1.81. The number of hydrogen-bond donors (Lipinski definition) is 2. The zero-order chi connectivity index (χ0) is 21.8. The number of hydrogen-bond acceptors (Lipinski definition) is 3. The summed E-state index contributed by atoms with van der Waals surface area (Å²) in [5.74, 6) is -0.0359. The van der Waals surface area contributed by atoms with Gasteiger partial charge in [-0.05, 0) is 13.0 Å². The average Bonchev–Trinajstić information content (AvgIpc) is 3.18. The monoisotopic (exact) mass is 562 g/mol.